The molecular formula is C20H23NO6. The van der Waals surface area contributed by atoms with E-state index in [0.29, 0.717) is 29.4 Å². The van der Waals surface area contributed by atoms with Crippen molar-refractivity contribution in [3.63, 3.8) is 0 Å². The first-order valence-corrected chi connectivity index (χ1v) is 8.59. The van der Waals surface area contributed by atoms with E-state index in [2.05, 4.69) is 5.32 Å². The fourth-order valence-electron chi connectivity index (χ4n) is 2.30. The molecule has 0 saturated carbocycles. The molecule has 0 fully saturated rings. The van der Waals surface area contributed by atoms with Crippen molar-refractivity contribution in [1.29, 1.82) is 0 Å². The van der Waals surface area contributed by atoms with E-state index in [1.165, 1.54) is 12.1 Å². The van der Waals surface area contributed by atoms with Crippen LogP contribution in [0, 0.1) is 0 Å². The van der Waals surface area contributed by atoms with Gasteiger partial charge in [0.05, 0.1) is 18.4 Å². The Balaban J connectivity index is 2.21. The Labute approximate surface area is 157 Å². The SMILES string of the molecule is CCOc1cc(C(=O)Nc2ccccc2OC(C)C)ccc1OCC(=O)O. The monoisotopic (exact) mass is 373 g/mol. The van der Waals surface area contributed by atoms with Gasteiger partial charge in [-0.15, -0.1) is 0 Å². The van der Waals surface area contributed by atoms with E-state index in [0.717, 1.165) is 0 Å². The molecule has 0 saturated heterocycles. The molecule has 2 aromatic carbocycles. The maximum atomic E-state index is 12.6. The highest BCUT2D eigenvalue weighted by molar-refractivity contribution is 6.05. The minimum Gasteiger partial charge on any atom is -0.490 e. The zero-order chi connectivity index (χ0) is 19.8. The number of para-hydroxylation sites is 2. The Morgan fingerprint density at radius 1 is 1.04 bits per heavy atom. The summed E-state index contributed by atoms with van der Waals surface area (Å²) in [6.07, 6.45) is -0.0294. The topological polar surface area (TPSA) is 94.1 Å². The number of rotatable bonds is 9. The molecule has 2 N–H and O–H groups in total. The van der Waals surface area contributed by atoms with Crippen molar-refractivity contribution in [2.24, 2.45) is 0 Å². The van der Waals surface area contributed by atoms with Gasteiger partial charge in [0.15, 0.2) is 18.1 Å². The Morgan fingerprint density at radius 3 is 2.44 bits per heavy atom. The molecule has 27 heavy (non-hydrogen) atoms. The molecule has 0 radical (unpaired) electrons. The predicted molar refractivity (Wildman–Crippen MR) is 101 cm³/mol. The molecule has 7 nitrogen and oxygen atoms in total. The summed E-state index contributed by atoms with van der Waals surface area (Å²) < 4.78 is 16.4. The summed E-state index contributed by atoms with van der Waals surface area (Å²) in [5.41, 5.74) is 0.904. The highest BCUT2D eigenvalue weighted by atomic mass is 16.5. The summed E-state index contributed by atoms with van der Waals surface area (Å²) in [4.78, 5) is 23.3. The molecule has 0 aliphatic rings. The summed E-state index contributed by atoms with van der Waals surface area (Å²) in [6, 6.07) is 11.7. The lowest BCUT2D eigenvalue weighted by atomic mass is 10.1. The summed E-state index contributed by atoms with van der Waals surface area (Å²) >= 11 is 0. The maximum Gasteiger partial charge on any atom is 0.341 e. The third-order valence-corrected chi connectivity index (χ3v) is 3.35. The number of carbonyl (C=O) groups is 2. The quantitative estimate of drug-likeness (QED) is 0.698. The van der Waals surface area contributed by atoms with Crippen molar-refractivity contribution in [3.8, 4) is 17.2 Å². The third kappa shape index (κ3) is 5.91. The molecule has 1 amide bonds. The minimum atomic E-state index is -1.10. The van der Waals surface area contributed by atoms with E-state index >= 15 is 0 Å². The Morgan fingerprint density at radius 2 is 1.78 bits per heavy atom. The summed E-state index contributed by atoms with van der Waals surface area (Å²) in [5, 5.41) is 11.6. The van der Waals surface area contributed by atoms with Crippen LogP contribution in [0.1, 0.15) is 31.1 Å². The number of hydrogen-bond acceptors (Lipinski definition) is 5. The van der Waals surface area contributed by atoms with E-state index in [1.54, 1.807) is 31.2 Å². The van der Waals surface area contributed by atoms with Crippen LogP contribution in [-0.2, 0) is 4.79 Å². The van der Waals surface area contributed by atoms with Crippen LogP contribution >= 0.6 is 0 Å². The van der Waals surface area contributed by atoms with Crippen molar-refractivity contribution in [2.45, 2.75) is 26.9 Å². The Hall–Kier alpha value is -3.22. The van der Waals surface area contributed by atoms with Crippen molar-refractivity contribution >= 4 is 17.6 Å². The summed E-state index contributed by atoms with van der Waals surface area (Å²) in [7, 11) is 0. The van der Waals surface area contributed by atoms with Gasteiger partial charge in [-0.25, -0.2) is 4.79 Å². The molecule has 0 atom stereocenters. The first-order chi connectivity index (χ1) is 12.9. The van der Waals surface area contributed by atoms with Crippen LogP contribution in [0.3, 0.4) is 0 Å². The number of benzene rings is 2. The molecule has 2 aromatic rings. The summed E-state index contributed by atoms with van der Waals surface area (Å²) in [6.45, 7) is 5.45. The van der Waals surface area contributed by atoms with E-state index in [9.17, 15) is 9.59 Å². The molecule has 0 unspecified atom stereocenters. The number of carbonyl (C=O) groups excluding carboxylic acids is 1. The lowest BCUT2D eigenvalue weighted by Gasteiger charge is -2.15. The molecule has 0 spiro atoms. The zero-order valence-corrected chi connectivity index (χ0v) is 15.5. The predicted octanol–water partition coefficient (Wildman–Crippen LogP) is 3.59. The van der Waals surface area contributed by atoms with Gasteiger partial charge in [-0.05, 0) is 51.1 Å². The number of carboxylic acid groups (broad SMARTS) is 1. The number of ether oxygens (including phenoxy) is 3. The van der Waals surface area contributed by atoms with Gasteiger partial charge in [0.1, 0.15) is 5.75 Å². The van der Waals surface area contributed by atoms with Gasteiger partial charge in [-0.1, -0.05) is 12.1 Å². The molecule has 2 rings (SSSR count). The molecule has 0 bridgehead atoms. The van der Waals surface area contributed by atoms with Crippen LogP contribution < -0.4 is 19.5 Å². The molecule has 144 valence electrons. The number of amides is 1. The number of hydrogen-bond donors (Lipinski definition) is 2. The number of nitrogens with one attached hydrogen (secondary N) is 1. The fourth-order valence-corrected chi connectivity index (χ4v) is 2.30. The molecule has 0 aliphatic heterocycles. The molecule has 0 heterocycles. The highest BCUT2D eigenvalue weighted by Gasteiger charge is 2.15. The first kappa shape index (κ1) is 20.1. The van der Waals surface area contributed by atoms with Crippen molar-refractivity contribution in [3.05, 3.63) is 48.0 Å². The van der Waals surface area contributed by atoms with Crippen LogP contribution in [0.2, 0.25) is 0 Å². The van der Waals surface area contributed by atoms with Crippen molar-refractivity contribution < 1.29 is 28.9 Å². The van der Waals surface area contributed by atoms with Gasteiger partial charge in [0.2, 0.25) is 0 Å². The second kappa shape index (κ2) is 9.47. The van der Waals surface area contributed by atoms with Crippen molar-refractivity contribution in [1.82, 2.24) is 0 Å². The standard InChI is InChI=1S/C20H23NO6/c1-4-25-18-11-14(9-10-17(18)26-12-19(22)23)20(24)21-15-7-5-6-8-16(15)27-13(2)3/h5-11,13H,4,12H2,1-3H3,(H,21,24)(H,22,23). The van der Waals surface area contributed by atoms with Crippen LogP contribution in [-0.4, -0.2) is 36.3 Å². The molecule has 0 aliphatic carbocycles. The van der Waals surface area contributed by atoms with Crippen LogP contribution in [0.15, 0.2) is 42.5 Å². The number of aliphatic carboxylic acids is 1. The van der Waals surface area contributed by atoms with Gasteiger partial charge in [0, 0.05) is 5.56 Å². The van der Waals surface area contributed by atoms with Gasteiger partial charge in [-0.2, -0.15) is 0 Å². The Kier molecular flexibility index (Phi) is 7.05. The van der Waals surface area contributed by atoms with Gasteiger partial charge < -0.3 is 24.6 Å². The summed E-state index contributed by atoms with van der Waals surface area (Å²) in [5.74, 6) is -0.300. The number of carboxylic acids is 1. The average Bonchev–Trinajstić information content (AvgIpc) is 2.62. The number of anilines is 1. The second-order valence-corrected chi connectivity index (χ2v) is 5.89. The first-order valence-electron chi connectivity index (χ1n) is 8.59. The normalized spacial score (nSPS) is 10.4. The second-order valence-electron chi connectivity index (χ2n) is 5.89. The molecule has 7 heteroatoms. The smallest absolute Gasteiger partial charge is 0.341 e. The van der Waals surface area contributed by atoms with E-state index in [4.69, 9.17) is 19.3 Å². The maximum absolute atomic E-state index is 12.6. The highest BCUT2D eigenvalue weighted by Crippen LogP contribution is 2.30. The van der Waals surface area contributed by atoms with Gasteiger partial charge in [-0.3, -0.25) is 4.79 Å². The largest absolute Gasteiger partial charge is 0.490 e. The van der Waals surface area contributed by atoms with E-state index < -0.39 is 12.6 Å². The lowest BCUT2D eigenvalue weighted by molar-refractivity contribution is -0.139. The van der Waals surface area contributed by atoms with E-state index in [1.807, 2.05) is 19.9 Å². The van der Waals surface area contributed by atoms with E-state index in [-0.39, 0.29) is 17.8 Å². The zero-order valence-electron chi connectivity index (χ0n) is 15.5. The van der Waals surface area contributed by atoms with Crippen molar-refractivity contribution in [2.75, 3.05) is 18.5 Å². The third-order valence-electron chi connectivity index (χ3n) is 3.35. The molecule has 0 aromatic heterocycles. The van der Waals surface area contributed by atoms with Crippen LogP contribution in [0.4, 0.5) is 5.69 Å². The van der Waals surface area contributed by atoms with Crippen LogP contribution in [0.25, 0.3) is 0 Å². The fraction of sp³-hybridized carbons (Fsp3) is 0.300. The minimum absolute atomic E-state index is 0.0294. The van der Waals surface area contributed by atoms with Gasteiger partial charge in [0.25, 0.3) is 5.91 Å². The van der Waals surface area contributed by atoms with Crippen LogP contribution in [0.5, 0.6) is 17.2 Å². The van der Waals surface area contributed by atoms with Gasteiger partial charge >= 0.3 is 5.97 Å². The Bertz CT molecular complexity index is 803. The lowest BCUT2D eigenvalue weighted by Crippen LogP contribution is -2.15. The average molecular weight is 373 g/mol. The molecular weight excluding hydrogens is 350 g/mol.